The highest BCUT2D eigenvalue weighted by atomic mass is 16.4. The van der Waals surface area contributed by atoms with Crippen molar-refractivity contribution in [3.8, 4) is 0 Å². The number of aliphatic hydroxyl groups excluding tert-OH is 1. The summed E-state index contributed by atoms with van der Waals surface area (Å²) in [6.45, 7) is 1.32. The number of likely N-dealkylation sites (N-methyl/N-ethyl adjacent to an activating group) is 1. The van der Waals surface area contributed by atoms with Crippen molar-refractivity contribution in [3.05, 3.63) is 0 Å². The van der Waals surface area contributed by atoms with Gasteiger partial charge in [0.05, 0.1) is 17.9 Å². The van der Waals surface area contributed by atoms with Crippen LogP contribution in [0.3, 0.4) is 0 Å². The zero-order valence-corrected chi connectivity index (χ0v) is 24.8. The summed E-state index contributed by atoms with van der Waals surface area (Å²) in [5.74, 6) is -8.55. The fourth-order valence-electron chi connectivity index (χ4n) is 4.23. The number of aliphatic hydroxyl groups is 1. The number of nitrogens with one attached hydrogen (secondary N) is 3. The van der Waals surface area contributed by atoms with Crippen molar-refractivity contribution in [2.45, 2.75) is 96.1 Å². The lowest BCUT2D eigenvalue weighted by molar-refractivity contribution is -0.145. The van der Waals surface area contributed by atoms with Gasteiger partial charge in [-0.15, -0.1) is 0 Å². The Labute approximate surface area is 250 Å². The first-order valence-corrected chi connectivity index (χ1v) is 14.3. The number of rotatable bonds is 26. The summed E-state index contributed by atoms with van der Waals surface area (Å²) < 4.78 is 0. The molecule has 0 aromatic carbocycles. The number of carbonyl (C=O) groups excluding carboxylic acids is 5. The van der Waals surface area contributed by atoms with Gasteiger partial charge in [0, 0.05) is 45.1 Å². The fourth-order valence-corrected chi connectivity index (χ4v) is 4.23. The Hall–Kier alpha value is -3.72. The highest BCUT2D eigenvalue weighted by Gasteiger charge is 2.26. The smallest absolute Gasteiger partial charge is 0.326 e. The minimum atomic E-state index is -1.46. The normalized spacial score (nSPS) is 13.7. The molecule has 0 saturated carbocycles. The topological polar surface area (TPSA) is 254 Å². The molecule has 0 aromatic heterocycles. The second kappa shape index (κ2) is 21.9. The van der Waals surface area contributed by atoms with Crippen LogP contribution in [0.15, 0.2) is 0 Å². The first-order valence-electron chi connectivity index (χ1n) is 14.3. The van der Waals surface area contributed by atoms with Crippen LogP contribution in [0.2, 0.25) is 0 Å². The third kappa shape index (κ3) is 17.7. The van der Waals surface area contributed by atoms with E-state index < -0.39 is 72.5 Å². The molecule has 0 rings (SSSR count). The number of aliphatic carboxylic acids is 3. The Morgan fingerprint density at radius 1 is 0.651 bits per heavy atom. The summed E-state index contributed by atoms with van der Waals surface area (Å²) in [6, 6.07) is -1.94. The Morgan fingerprint density at radius 2 is 1.21 bits per heavy atom. The van der Waals surface area contributed by atoms with Gasteiger partial charge in [0.1, 0.15) is 24.2 Å². The largest absolute Gasteiger partial charge is 0.481 e. The standard InChI is InChI=1S/C28H45N3O12/c1-3-19(33)14-17(26(38)39)8-12-25(37)31-22(28(42)43)10-9-20(34)15-18(27(40)41)7-11-24(36)30-13-5-4-6-21(29-2)23(35)16-32/h17-18,21-22,29,32H,3-16H2,1-2H3,(H,30,36)(H,31,37)(H,38,39)(H,40,41)(H,42,43)/t17-,18-,21?,22+/m1/s1. The average Bonchev–Trinajstić information content (AvgIpc) is 2.96. The Morgan fingerprint density at radius 3 is 1.70 bits per heavy atom. The van der Waals surface area contributed by atoms with Gasteiger partial charge in [-0.05, 0) is 45.6 Å². The Kier molecular flexibility index (Phi) is 20.0. The van der Waals surface area contributed by atoms with Crippen LogP contribution in [0.5, 0.6) is 0 Å². The van der Waals surface area contributed by atoms with E-state index in [0.717, 1.165) is 0 Å². The molecule has 4 atom stereocenters. The second-order valence-corrected chi connectivity index (χ2v) is 10.3. The molecule has 0 aliphatic heterocycles. The molecule has 15 heteroatoms. The molecule has 0 aliphatic rings. The van der Waals surface area contributed by atoms with E-state index in [1.807, 2.05) is 0 Å². The first-order chi connectivity index (χ1) is 20.2. The number of carboxylic acids is 3. The molecular weight excluding hydrogens is 570 g/mol. The van der Waals surface area contributed by atoms with Crippen LogP contribution in [0.4, 0.5) is 0 Å². The monoisotopic (exact) mass is 615 g/mol. The predicted molar refractivity (Wildman–Crippen MR) is 151 cm³/mol. The molecular formula is C28H45N3O12. The van der Waals surface area contributed by atoms with Gasteiger partial charge < -0.3 is 36.4 Å². The van der Waals surface area contributed by atoms with Gasteiger partial charge in [-0.1, -0.05) is 6.92 Å². The third-order valence-electron chi connectivity index (χ3n) is 6.96. The van der Waals surface area contributed by atoms with E-state index in [1.54, 1.807) is 14.0 Å². The molecule has 0 spiro atoms. The van der Waals surface area contributed by atoms with Crippen LogP contribution < -0.4 is 16.0 Å². The van der Waals surface area contributed by atoms with E-state index in [0.29, 0.717) is 25.8 Å². The van der Waals surface area contributed by atoms with Gasteiger partial charge in [0.2, 0.25) is 11.8 Å². The summed E-state index contributed by atoms with van der Waals surface area (Å²) in [4.78, 5) is 94.3. The molecule has 0 aliphatic carbocycles. The zero-order valence-electron chi connectivity index (χ0n) is 24.8. The summed E-state index contributed by atoms with van der Waals surface area (Å²) in [6.07, 6.45) is -0.328. The fraction of sp³-hybridized carbons (Fsp3) is 0.714. The number of ketones is 3. The van der Waals surface area contributed by atoms with Crippen molar-refractivity contribution in [1.29, 1.82) is 0 Å². The number of hydrogen-bond acceptors (Lipinski definition) is 10. The quantitative estimate of drug-likeness (QED) is 0.0636. The van der Waals surface area contributed by atoms with E-state index >= 15 is 0 Å². The molecule has 0 aromatic rings. The van der Waals surface area contributed by atoms with Crippen LogP contribution in [0.1, 0.15) is 84.0 Å². The molecule has 2 amide bonds. The van der Waals surface area contributed by atoms with Crippen LogP contribution >= 0.6 is 0 Å². The molecule has 244 valence electrons. The van der Waals surface area contributed by atoms with E-state index in [9.17, 15) is 53.7 Å². The highest BCUT2D eigenvalue weighted by Crippen LogP contribution is 2.16. The van der Waals surface area contributed by atoms with Crippen LogP contribution in [-0.4, -0.2) is 99.8 Å². The molecule has 0 saturated heterocycles. The maximum atomic E-state index is 12.4. The summed E-state index contributed by atoms with van der Waals surface area (Å²) >= 11 is 0. The van der Waals surface area contributed by atoms with Gasteiger partial charge in [-0.3, -0.25) is 33.6 Å². The van der Waals surface area contributed by atoms with Crippen molar-refractivity contribution >= 4 is 47.1 Å². The average molecular weight is 616 g/mol. The summed E-state index contributed by atoms with van der Waals surface area (Å²) in [7, 11) is 1.61. The molecule has 43 heavy (non-hydrogen) atoms. The Bertz CT molecular complexity index is 984. The molecule has 15 nitrogen and oxygen atoms in total. The molecule has 0 radical (unpaired) electrons. The zero-order chi connectivity index (χ0) is 32.9. The minimum absolute atomic E-state index is 0.121. The van der Waals surface area contributed by atoms with Crippen LogP contribution in [0, 0.1) is 11.8 Å². The minimum Gasteiger partial charge on any atom is -0.481 e. The lowest BCUT2D eigenvalue weighted by Crippen LogP contribution is -2.41. The van der Waals surface area contributed by atoms with Gasteiger partial charge in [-0.25, -0.2) is 4.79 Å². The van der Waals surface area contributed by atoms with Gasteiger partial charge in [0.25, 0.3) is 0 Å². The van der Waals surface area contributed by atoms with Gasteiger partial charge in [-0.2, -0.15) is 0 Å². The predicted octanol–water partition coefficient (Wildman–Crippen LogP) is 0.0623. The number of carboxylic acid groups (broad SMARTS) is 3. The Balaban J connectivity index is 4.63. The van der Waals surface area contributed by atoms with Crippen molar-refractivity contribution in [2.24, 2.45) is 11.8 Å². The lowest BCUT2D eigenvalue weighted by Gasteiger charge is -2.16. The summed E-state index contributed by atoms with van der Waals surface area (Å²) in [5.41, 5.74) is 0. The number of amides is 2. The SMILES string of the molecule is CCC(=O)C[C@@H](CCC(=O)N[C@@H](CCC(=O)C[C@@H](CCC(=O)NCCCCC(NC)C(=O)CO)C(=O)O)C(=O)O)C(=O)O. The second-order valence-electron chi connectivity index (χ2n) is 10.3. The van der Waals surface area contributed by atoms with Crippen LogP contribution in [0.25, 0.3) is 0 Å². The maximum Gasteiger partial charge on any atom is 0.326 e. The molecule has 1 unspecified atom stereocenters. The highest BCUT2D eigenvalue weighted by molar-refractivity contribution is 5.87. The number of unbranched alkanes of at least 4 members (excludes halogenated alkanes) is 1. The number of hydrogen-bond donors (Lipinski definition) is 7. The van der Waals surface area contributed by atoms with E-state index in [-0.39, 0.29) is 62.9 Å². The number of carbonyl (C=O) groups is 8. The van der Waals surface area contributed by atoms with Gasteiger partial charge in [0.15, 0.2) is 5.78 Å². The molecule has 0 fully saturated rings. The van der Waals surface area contributed by atoms with E-state index in [1.165, 1.54) is 0 Å². The number of Topliss-reactive ketones (excluding diaryl/α,β-unsaturated/α-hetero) is 3. The third-order valence-corrected chi connectivity index (χ3v) is 6.96. The van der Waals surface area contributed by atoms with Crippen LogP contribution in [-0.2, 0) is 38.4 Å². The lowest BCUT2D eigenvalue weighted by atomic mass is 9.94. The maximum absolute atomic E-state index is 12.4. The van der Waals surface area contributed by atoms with Crippen molar-refractivity contribution in [3.63, 3.8) is 0 Å². The molecule has 0 bridgehead atoms. The van der Waals surface area contributed by atoms with Crippen molar-refractivity contribution in [2.75, 3.05) is 20.2 Å². The van der Waals surface area contributed by atoms with Crippen molar-refractivity contribution in [1.82, 2.24) is 16.0 Å². The summed E-state index contributed by atoms with van der Waals surface area (Å²) in [5, 5.41) is 44.7. The molecule has 7 N–H and O–H groups in total. The first kappa shape index (κ1) is 39.3. The van der Waals surface area contributed by atoms with Gasteiger partial charge >= 0.3 is 17.9 Å². The van der Waals surface area contributed by atoms with E-state index in [4.69, 9.17) is 5.11 Å². The van der Waals surface area contributed by atoms with E-state index in [2.05, 4.69) is 16.0 Å². The molecule has 0 heterocycles. The van der Waals surface area contributed by atoms with Crippen molar-refractivity contribution < 1.29 is 58.8 Å².